The highest BCUT2D eigenvalue weighted by molar-refractivity contribution is 5.69. The van der Waals surface area contributed by atoms with Gasteiger partial charge in [0, 0.05) is 19.2 Å². The Morgan fingerprint density at radius 1 is 1.62 bits per heavy atom. The molecule has 1 heterocycles. The number of anilines is 2. The minimum absolute atomic E-state index is 0.183. The molecule has 0 aliphatic rings. The molecule has 0 saturated carbocycles. The third kappa shape index (κ3) is 4.59. The van der Waals surface area contributed by atoms with Gasteiger partial charge in [-0.25, -0.2) is 4.98 Å². The first-order valence-electron chi connectivity index (χ1n) is 5.20. The lowest BCUT2D eigenvalue weighted by atomic mass is 10.3. The standard InChI is InChI=1S/C10H16N4O2/c1-2-16-9(15)4-3-6-12-10-13-7-5-8(11)14-10/h5,7H,2-4,6H2,1H3,(H3,11,12,13,14). The second-order valence-corrected chi connectivity index (χ2v) is 3.14. The molecule has 0 aromatic carbocycles. The zero-order valence-corrected chi connectivity index (χ0v) is 9.27. The van der Waals surface area contributed by atoms with E-state index >= 15 is 0 Å². The molecule has 0 radical (unpaired) electrons. The molecule has 0 unspecified atom stereocenters. The van der Waals surface area contributed by atoms with Crippen LogP contribution in [0.5, 0.6) is 0 Å². The Labute approximate surface area is 94.2 Å². The van der Waals surface area contributed by atoms with Crippen molar-refractivity contribution in [3.8, 4) is 0 Å². The molecule has 0 amide bonds. The molecule has 1 aromatic heterocycles. The summed E-state index contributed by atoms with van der Waals surface area (Å²) in [7, 11) is 0. The number of hydrogen-bond acceptors (Lipinski definition) is 6. The predicted molar refractivity (Wildman–Crippen MR) is 60.8 cm³/mol. The number of carbonyl (C=O) groups excluding carboxylic acids is 1. The van der Waals surface area contributed by atoms with E-state index in [-0.39, 0.29) is 5.97 Å². The van der Waals surface area contributed by atoms with Crippen LogP contribution in [0.3, 0.4) is 0 Å². The van der Waals surface area contributed by atoms with Gasteiger partial charge in [-0.05, 0) is 19.4 Å². The van der Waals surface area contributed by atoms with E-state index in [1.807, 2.05) is 0 Å². The predicted octanol–water partition coefficient (Wildman–Crippen LogP) is 0.814. The summed E-state index contributed by atoms with van der Waals surface area (Å²) < 4.78 is 4.80. The van der Waals surface area contributed by atoms with Gasteiger partial charge in [0.05, 0.1) is 6.61 Å². The van der Waals surface area contributed by atoms with Crippen molar-refractivity contribution in [3.05, 3.63) is 12.3 Å². The number of nitrogens with two attached hydrogens (primary N) is 1. The van der Waals surface area contributed by atoms with Gasteiger partial charge < -0.3 is 15.8 Å². The Balaban J connectivity index is 2.18. The minimum atomic E-state index is -0.183. The maximum atomic E-state index is 11.0. The Hall–Kier alpha value is -1.85. The summed E-state index contributed by atoms with van der Waals surface area (Å²) in [6.07, 6.45) is 2.65. The van der Waals surface area contributed by atoms with E-state index in [9.17, 15) is 4.79 Å². The largest absolute Gasteiger partial charge is 0.466 e. The van der Waals surface area contributed by atoms with Crippen LogP contribution in [-0.2, 0) is 9.53 Å². The lowest BCUT2D eigenvalue weighted by Gasteiger charge is -2.04. The lowest BCUT2D eigenvalue weighted by Crippen LogP contribution is -2.10. The van der Waals surface area contributed by atoms with E-state index in [1.165, 1.54) is 0 Å². The van der Waals surface area contributed by atoms with E-state index in [1.54, 1.807) is 19.2 Å². The maximum Gasteiger partial charge on any atom is 0.305 e. The fourth-order valence-corrected chi connectivity index (χ4v) is 1.12. The highest BCUT2D eigenvalue weighted by atomic mass is 16.5. The second-order valence-electron chi connectivity index (χ2n) is 3.14. The SMILES string of the molecule is CCOC(=O)CCCNc1nccc(N)n1. The topological polar surface area (TPSA) is 90.1 Å². The molecule has 0 fully saturated rings. The Morgan fingerprint density at radius 3 is 3.12 bits per heavy atom. The molecule has 0 atom stereocenters. The molecule has 88 valence electrons. The summed E-state index contributed by atoms with van der Waals surface area (Å²) >= 11 is 0. The van der Waals surface area contributed by atoms with Gasteiger partial charge in [-0.3, -0.25) is 4.79 Å². The Bertz CT molecular complexity index is 343. The van der Waals surface area contributed by atoms with Crippen molar-refractivity contribution in [3.63, 3.8) is 0 Å². The molecule has 6 heteroatoms. The molecule has 3 N–H and O–H groups in total. The number of ether oxygens (including phenoxy) is 1. The van der Waals surface area contributed by atoms with Crippen LogP contribution in [-0.4, -0.2) is 29.1 Å². The highest BCUT2D eigenvalue weighted by Crippen LogP contribution is 2.01. The van der Waals surface area contributed by atoms with Crippen molar-refractivity contribution < 1.29 is 9.53 Å². The minimum Gasteiger partial charge on any atom is -0.466 e. The van der Waals surface area contributed by atoms with Gasteiger partial charge in [0.25, 0.3) is 0 Å². The van der Waals surface area contributed by atoms with Crippen molar-refractivity contribution in [2.75, 3.05) is 24.2 Å². The van der Waals surface area contributed by atoms with Crippen LogP contribution in [0.1, 0.15) is 19.8 Å². The number of carbonyl (C=O) groups is 1. The first kappa shape index (κ1) is 12.2. The van der Waals surface area contributed by atoms with Crippen LogP contribution in [0.4, 0.5) is 11.8 Å². The number of nitrogens with one attached hydrogen (secondary N) is 1. The van der Waals surface area contributed by atoms with E-state index in [2.05, 4.69) is 15.3 Å². The van der Waals surface area contributed by atoms with Crippen LogP contribution in [0.15, 0.2) is 12.3 Å². The third-order valence-electron chi connectivity index (χ3n) is 1.82. The average Bonchev–Trinajstić information content (AvgIpc) is 2.25. The summed E-state index contributed by atoms with van der Waals surface area (Å²) in [4.78, 5) is 18.9. The average molecular weight is 224 g/mol. The van der Waals surface area contributed by atoms with Crippen LogP contribution >= 0.6 is 0 Å². The van der Waals surface area contributed by atoms with Crippen LogP contribution in [0, 0.1) is 0 Å². The molecule has 16 heavy (non-hydrogen) atoms. The van der Waals surface area contributed by atoms with Gasteiger partial charge in [0.15, 0.2) is 0 Å². The van der Waals surface area contributed by atoms with Gasteiger partial charge in [0.2, 0.25) is 5.95 Å². The molecule has 0 spiro atoms. The van der Waals surface area contributed by atoms with Gasteiger partial charge >= 0.3 is 5.97 Å². The van der Waals surface area contributed by atoms with Crippen molar-refractivity contribution in [1.29, 1.82) is 0 Å². The van der Waals surface area contributed by atoms with E-state index < -0.39 is 0 Å². The van der Waals surface area contributed by atoms with Gasteiger partial charge in [-0.15, -0.1) is 0 Å². The van der Waals surface area contributed by atoms with Gasteiger partial charge in [0.1, 0.15) is 5.82 Å². The quantitative estimate of drug-likeness (QED) is 0.549. The lowest BCUT2D eigenvalue weighted by molar-refractivity contribution is -0.143. The van der Waals surface area contributed by atoms with E-state index in [0.717, 1.165) is 0 Å². The van der Waals surface area contributed by atoms with Crippen molar-refractivity contribution >= 4 is 17.7 Å². The van der Waals surface area contributed by atoms with Crippen molar-refractivity contribution in [2.45, 2.75) is 19.8 Å². The molecule has 1 aromatic rings. The first-order chi connectivity index (χ1) is 7.72. The number of nitrogen functional groups attached to an aromatic ring is 1. The summed E-state index contributed by atoms with van der Waals surface area (Å²) in [5.74, 6) is 0.713. The maximum absolute atomic E-state index is 11.0. The van der Waals surface area contributed by atoms with Gasteiger partial charge in [-0.1, -0.05) is 0 Å². The molecule has 1 rings (SSSR count). The Morgan fingerprint density at radius 2 is 2.44 bits per heavy atom. The van der Waals surface area contributed by atoms with Gasteiger partial charge in [-0.2, -0.15) is 4.98 Å². The van der Waals surface area contributed by atoms with Crippen LogP contribution in [0.2, 0.25) is 0 Å². The number of rotatable bonds is 6. The zero-order chi connectivity index (χ0) is 11.8. The molecule has 0 aliphatic heterocycles. The number of aromatic nitrogens is 2. The van der Waals surface area contributed by atoms with Crippen LogP contribution < -0.4 is 11.1 Å². The molecule has 0 aliphatic carbocycles. The number of hydrogen-bond donors (Lipinski definition) is 2. The van der Waals surface area contributed by atoms with Crippen molar-refractivity contribution in [1.82, 2.24) is 9.97 Å². The molecule has 6 nitrogen and oxygen atoms in total. The van der Waals surface area contributed by atoms with Crippen molar-refractivity contribution in [2.24, 2.45) is 0 Å². The summed E-state index contributed by atoms with van der Waals surface area (Å²) in [6.45, 7) is 2.82. The second kappa shape index (κ2) is 6.60. The smallest absolute Gasteiger partial charge is 0.305 e. The normalized spacial score (nSPS) is 9.81. The summed E-state index contributed by atoms with van der Waals surface area (Å²) in [5, 5.41) is 2.97. The van der Waals surface area contributed by atoms with E-state index in [4.69, 9.17) is 10.5 Å². The number of nitrogens with zero attached hydrogens (tertiary/aromatic N) is 2. The molecule has 0 saturated heterocycles. The monoisotopic (exact) mass is 224 g/mol. The number of esters is 1. The highest BCUT2D eigenvalue weighted by Gasteiger charge is 2.01. The fraction of sp³-hybridized carbons (Fsp3) is 0.500. The summed E-state index contributed by atoms with van der Waals surface area (Å²) in [5.41, 5.74) is 5.49. The Kier molecular flexibility index (Phi) is 5.04. The fourth-order valence-electron chi connectivity index (χ4n) is 1.12. The first-order valence-corrected chi connectivity index (χ1v) is 5.20. The zero-order valence-electron chi connectivity index (χ0n) is 9.27. The molecular formula is C10H16N4O2. The molecule has 0 bridgehead atoms. The molecular weight excluding hydrogens is 208 g/mol. The van der Waals surface area contributed by atoms with E-state index in [0.29, 0.717) is 37.8 Å². The summed E-state index contributed by atoms with van der Waals surface area (Å²) in [6, 6.07) is 1.61. The third-order valence-corrected chi connectivity index (χ3v) is 1.82. The van der Waals surface area contributed by atoms with Crippen LogP contribution in [0.25, 0.3) is 0 Å².